The van der Waals surface area contributed by atoms with E-state index in [9.17, 15) is 13.2 Å². The number of ether oxygens (including phenoxy) is 1. The zero-order chi connectivity index (χ0) is 10.0. The first-order valence-corrected chi connectivity index (χ1v) is 3.61. The van der Waals surface area contributed by atoms with Gasteiger partial charge >= 0.3 is 0 Å². The van der Waals surface area contributed by atoms with E-state index in [1.54, 1.807) is 0 Å². The van der Waals surface area contributed by atoms with Crippen LogP contribution in [0.15, 0.2) is 6.20 Å². The first kappa shape index (κ1) is 10.1. The van der Waals surface area contributed by atoms with Crippen LogP contribution in [-0.2, 0) is 0 Å². The third kappa shape index (κ3) is 1.85. The molecule has 1 aromatic rings. The number of hydrogen-bond donors (Lipinski definition) is 0. The van der Waals surface area contributed by atoms with Crippen LogP contribution < -0.4 is 4.74 Å². The van der Waals surface area contributed by atoms with Crippen molar-refractivity contribution in [2.75, 3.05) is 7.11 Å². The minimum absolute atomic E-state index is 0.0661. The van der Waals surface area contributed by atoms with E-state index >= 15 is 0 Å². The highest BCUT2D eigenvalue weighted by molar-refractivity contribution is 6.32. The minimum atomic E-state index is -2.98. The van der Waals surface area contributed by atoms with Gasteiger partial charge in [0.1, 0.15) is 10.7 Å². The lowest BCUT2D eigenvalue weighted by Gasteiger charge is -2.06. The molecule has 0 unspecified atom stereocenters. The molecule has 0 fully saturated rings. The second-order valence-corrected chi connectivity index (χ2v) is 2.52. The molecule has 2 nitrogen and oxygen atoms in total. The Bertz CT molecular complexity index is 319. The topological polar surface area (TPSA) is 22.1 Å². The molecule has 1 heterocycles. The number of alkyl halides is 2. The molecular formula is C7H5ClF3NO. The molecule has 0 aliphatic rings. The highest BCUT2D eigenvalue weighted by Crippen LogP contribution is 2.31. The van der Waals surface area contributed by atoms with Gasteiger partial charge in [0, 0.05) is 0 Å². The molecule has 0 aromatic carbocycles. The van der Waals surface area contributed by atoms with Gasteiger partial charge in [0.05, 0.1) is 13.3 Å². The SMILES string of the molecule is COc1cnc(C(F)F)c(F)c1Cl. The molecule has 0 spiro atoms. The third-order valence-corrected chi connectivity index (χ3v) is 1.73. The Kier molecular flexibility index (Phi) is 2.98. The summed E-state index contributed by atoms with van der Waals surface area (Å²) in [7, 11) is 1.24. The fourth-order valence-corrected chi connectivity index (χ4v) is 0.979. The van der Waals surface area contributed by atoms with Gasteiger partial charge in [-0.05, 0) is 0 Å². The maximum Gasteiger partial charge on any atom is 0.283 e. The fourth-order valence-electron chi connectivity index (χ4n) is 0.757. The number of halogens is 4. The lowest BCUT2D eigenvalue weighted by Crippen LogP contribution is -1.98. The van der Waals surface area contributed by atoms with Crippen molar-refractivity contribution < 1.29 is 17.9 Å². The number of pyridine rings is 1. The predicted molar refractivity (Wildman–Crippen MR) is 40.7 cm³/mol. The summed E-state index contributed by atoms with van der Waals surface area (Å²) in [6, 6.07) is 0. The van der Waals surface area contributed by atoms with Crippen LogP contribution in [0.3, 0.4) is 0 Å². The maximum absolute atomic E-state index is 12.9. The van der Waals surface area contributed by atoms with Crippen LogP contribution in [-0.4, -0.2) is 12.1 Å². The van der Waals surface area contributed by atoms with Crippen LogP contribution in [0, 0.1) is 5.82 Å². The first-order chi connectivity index (χ1) is 6.07. The quantitative estimate of drug-likeness (QED) is 0.751. The molecule has 6 heteroatoms. The Morgan fingerprint density at radius 2 is 2.15 bits per heavy atom. The Morgan fingerprint density at radius 1 is 1.54 bits per heavy atom. The summed E-state index contributed by atoms with van der Waals surface area (Å²) in [5.41, 5.74) is -0.967. The number of nitrogens with zero attached hydrogens (tertiary/aromatic N) is 1. The van der Waals surface area contributed by atoms with Gasteiger partial charge in [-0.3, -0.25) is 0 Å². The lowest BCUT2D eigenvalue weighted by atomic mass is 10.3. The highest BCUT2D eigenvalue weighted by atomic mass is 35.5. The average Bonchev–Trinajstić information content (AvgIpc) is 2.09. The van der Waals surface area contributed by atoms with Crippen LogP contribution in [0.25, 0.3) is 0 Å². The van der Waals surface area contributed by atoms with E-state index in [0.717, 1.165) is 6.20 Å². The van der Waals surface area contributed by atoms with Crippen molar-refractivity contribution in [3.8, 4) is 5.75 Å². The van der Waals surface area contributed by atoms with E-state index in [4.69, 9.17) is 11.6 Å². The zero-order valence-corrected chi connectivity index (χ0v) is 7.28. The van der Waals surface area contributed by atoms with Gasteiger partial charge in [-0.1, -0.05) is 11.6 Å². The summed E-state index contributed by atoms with van der Waals surface area (Å²) in [6.07, 6.45) is -2.03. The van der Waals surface area contributed by atoms with Crippen molar-refractivity contribution in [1.29, 1.82) is 0 Å². The number of aromatic nitrogens is 1. The van der Waals surface area contributed by atoms with Crippen molar-refractivity contribution >= 4 is 11.6 Å². The summed E-state index contributed by atoms with van der Waals surface area (Å²) >= 11 is 5.37. The molecule has 0 saturated carbocycles. The van der Waals surface area contributed by atoms with Crippen LogP contribution in [0.1, 0.15) is 12.1 Å². The van der Waals surface area contributed by atoms with Crippen LogP contribution in [0.5, 0.6) is 5.75 Å². The Hall–Kier alpha value is -0.970. The molecule has 0 N–H and O–H groups in total. The fraction of sp³-hybridized carbons (Fsp3) is 0.286. The summed E-state index contributed by atoms with van der Waals surface area (Å²) in [4.78, 5) is 3.17. The summed E-state index contributed by atoms with van der Waals surface area (Å²) in [5.74, 6) is -1.31. The molecule has 0 saturated heterocycles. The normalized spacial score (nSPS) is 10.6. The van der Waals surface area contributed by atoms with Gasteiger partial charge in [-0.2, -0.15) is 0 Å². The van der Waals surface area contributed by atoms with Gasteiger partial charge in [-0.15, -0.1) is 0 Å². The van der Waals surface area contributed by atoms with E-state index in [0.29, 0.717) is 0 Å². The summed E-state index contributed by atoms with van der Waals surface area (Å²) in [5, 5.41) is -0.479. The van der Waals surface area contributed by atoms with Gasteiger partial charge in [0.25, 0.3) is 6.43 Å². The van der Waals surface area contributed by atoms with E-state index in [1.165, 1.54) is 7.11 Å². The van der Waals surface area contributed by atoms with Gasteiger partial charge < -0.3 is 4.74 Å². The predicted octanol–water partition coefficient (Wildman–Crippen LogP) is 2.82. The third-order valence-electron chi connectivity index (χ3n) is 1.38. The van der Waals surface area contributed by atoms with Crippen LogP contribution >= 0.6 is 11.6 Å². The Balaban J connectivity index is 3.23. The lowest BCUT2D eigenvalue weighted by molar-refractivity contribution is 0.140. The standard InChI is InChI=1S/C7H5ClF3NO/c1-13-3-2-12-6(7(10)11)5(9)4(3)8/h2,7H,1H3. The van der Waals surface area contributed by atoms with Crippen molar-refractivity contribution in [3.63, 3.8) is 0 Å². The van der Waals surface area contributed by atoms with Crippen LogP contribution in [0.4, 0.5) is 13.2 Å². The molecular weight excluding hydrogens is 207 g/mol. The van der Waals surface area contributed by atoms with E-state index in [2.05, 4.69) is 9.72 Å². The molecule has 72 valence electrons. The molecule has 0 radical (unpaired) electrons. The van der Waals surface area contributed by atoms with Gasteiger partial charge in [-0.25, -0.2) is 18.2 Å². The highest BCUT2D eigenvalue weighted by Gasteiger charge is 2.20. The minimum Gasteiger partial charge on any atom is -0.493 e. The summed E-state index contributed by atoms with van der Waals surface area (Å²) < 4.78 is 41.6. The molecule has 0 aliphatic heterocycles. The molecule has 1 rings (SSSR count). The largest absolute Gasteiger partial charge is 0.493 e. The van der Waals surface area contributed by atoms with Crippen molar-refractivity contribution in [2.45, 2.75) is 6.43 Å². The molecule has 1 aromatic heterocycles. The van der Waals surface area contributed by atoms with Crippen LogP contribution in [0.2, 0.25) is 5.02 Å². The van der Waals surface area contributed by atoms with Gasteiger partial charge in [0.15, 0.2) is 11.6 Å². The number of methoxy groups -OCH3 is 1. The number of hydrogen-bond acceptors (Lipinski definition) is 2. The van der Waals surface area contributed by atoms with E-state index in [1.807, 2.05) is 0 Å². The second-order valence-electron chi connectivity index (χ2n) is 2.14. The zero-order valence-electron chi connectivity index (χ0n) is 6.52. The average molecular weight is 212 g/mol. The van der Waals surface area contributed by atoms with Crippen molar-refractivity contribution in [2.24, 2.45) is 0 Å². The Morgan fingerprint density at radius 3 is 2.62 bits per heavy atom. The summed E-state index contributed by atoms with van der Waals surface area (Å²) in [6.45, 7) is 0. The molecule has 0 bridgehead atoms. The molecule has 0 aliphatic carbocycles. The number of rotatable bonds is 2. The molecule has 0 amide bonds. The second kappa shape index (κ2) is 3.83. The monoisotopic (exact) mass is 211 g/mol. The smallest absolute Gasteiger partial charge is 0.283 e. The molecule has 0 atom stereocenters. The van der Waals surface area contributed by atoms with Crippen molar-refractivity contribution in [3.05, 3.63) is 22.7 Å². The maximum atomic E-state index is 12.9. The first-order valence-electron chi connectivity index (χ1n) is 3.24. The Labute approximate surface area is 77.3 Å². The van der Waals surface area contributed by atoms with E-state index < -0.39 is 23.0 Å². The van der Waals surface area contributed by atoms with Gasteiger partial charge in [0.2, 0.25) is 0 Å². The molecule has 13 heavy (non-hydrogen) atoms. The van der Waals surface area contributed by atoms with E-state index in [-0.39, 0.29) is 5.75 Å². The van der Waals surface area contributed by atoms with Crippen molar-refractivity contribution in [1.82, 2.24) is 4.98 Å².